The molecule has 2 aromatic rings. The monoisotopic (exact) mass is 533 g/mol. The van der Waals surface area contributed by atoms with Crippen molar-refractivity contribution in [3.8, 4) is 0 Å². The number of aryl methyl sites for hydroxylation is 2. The molecule has 0 aliphatic carbocycles. The molecule has 5 nitrogen and oxygen atoms in total. The highest BCUT2D eigenvalue weighted by molar-refractivity contribution is 7.13. The number of esters is 1. The van der Waals surface area contributed by atoms with E-state index in [0.29, 0.717) is 17.7 Å². The van der Waals surface area contributed by atoms with Crippen LogP contribution in [0.2, 0.25) is 0 Å². The quantitative estimate of drug-likeness (QED) is 0.182. The fourth-order valence-electron chi connectivity index (χ4n) is 4.63. The van der Waals surface area contributed by atoms with Crippen molar-refractivity contribution < 1.29 is 28.2 Å². The minimum atomic E-state index is -3.40. The zero-order valence-corrected chi connectivity index (χ0v) is 22.4. The molecule has 8 heteroatoms. The van der Waals surface area contributed by atoms with Gasteiger partial charge in [-0.05, 0) is 55.7 Å². The van der Waals surface area contributed by atoms with Crippen molar-refractivity contribution in [1.29, 1.82) is 0 Å². The number of carbonyl (C=O) groups is 2. The molecular weight excluding hydrogens is 496 g/mol. The summed E-state index contributed by atoms with van der Waals surface area (Å²) < 4.78 is 33.2. The number of carbonyl (C=O) groups excluding carboxylic acids is 2. The predicted octanol–water partition coefficient (Wildman–Crippen LogP) is 6.06. The number of ether oxygens (including phenoxy) is 1. The number of thiophene rings is 1. The van der Waals surface area contributed by atoms with Crippen molar-refractivity contribution in [2.24, 2.45) is 5.92 Å². The summed E-state index contributed by atoms with van der Waals surface area (Å²) in [6.45, 7) is 2.14. The van der Waals surface area contributed by atoms with Gasteiger partial charge in [0, 0.05) is 17.8 Å². The number of amides is 1. The van der Waals surface area contributed by atoms with E-state index in [0.717, 1.165) is 37.0 Å². The minimum Gasteiger partial charge on any atom is -0.465 e. The molecule has 1 saturated heterocycles. The number of hydrogen-bond donors (Lipinski definition) is 1. The Hall–Kier alpha value is -2.58. The van der Waals surface area contributed by atoms with Gasteiger partial charge in [0.15, 0.2) is 0 Å². The molecule has 1 aliphatic rings. The number of alkyl halides is 2. The average molecular weight is 534 g/mol. The van der Waals surface area contributed by atoms with Gasteiger partial charge in [0.05, 0.1) is 19.3 Å². The van der Waals surface area contributed by atoms with Crippen molar-refractivity contribution in [2.75, 3.05) is 13.7 Å². The van der Waals surface area contributed by atoms with E-state index in [1.54, 1.807) is 18.2 Å². The Morgan fingerprint density at radius 3 is 2.65 bits per heavy atom. The fourth-order valence-corrected chi connectivity index (χ4v) is 5.59. The molecule has 1 aliphatic heterocycles. The Morgan fingerprint density at radius 1 is 1.16 bits per heavy atom. The number of hydrogen-bond acceptors (Lipinski definition) is 5. The van der Waals surface area contributed by atoms with Crippen LogP contribution in [0.4, 0.5) is 8.78 Å². The Kier molecular flexibility index (Phi) is 10.8. The van der Waals surface area contributed by atoms with E-state index in [1.165, 1.54) is 28.9 Å². The molecule has 0 radical (unpaired) electrons. The number of aliphatic hydroxyl groups excluding tert-OH is 1. The fraction of sp³-hybridized carbons (Fsp3) is 0.517. The van der Waals surface area contributed by atoms with Crippen molar-refractivity contribution in [3.05, 3.63) is 69.9 Å². The maximum Gasteiger partial charge on any atom is 0.348 e. The second-order valence-electron chi connectivity index (χ2n) is 9.77. The van der Waals surface area contributed by atoms with E-state index in [4.69, 9.17) is 4.74 Å². The molecule has 1 aromatic carbocycles. The zero-order chi connectivity index (χ0) is 26.8. The number of unbranched alkanes of at least 4 members (excludes halogenated alkanes) is 2. The lowest BCUT2D eigenvalue weighted by Crippen LogP contribution is -2.36. The maximum atomic E-state index is 14.2. The van der Waals surface area contributed by atoms with Crippen LogP contribution in [0.15, 0.2) is 54.6 Å². The topological polar surface area (TPSA) is 66.8 Å². The summed E-state index contributed by atoms with van der Waals surface area (Å²) in [7, 11) is 1.32. The third kappa shape index (κ3) is 8.47. The second-order valence-corrected chi connectivity index (χ2v) is 10.9. The molecule has 3 rings (SSSR count). The summed E-state index contributed by atoms with van der Waals surface area (Å²) in [5.41, 5.74) is 1.33. The molecule has 202 valence electrons. The zero-order valence-electron chi connectivity index (χ0n) is 21.6. The first-order chi connectivity index (χ1) is 17.7. The molecular formula is C29H37F2NO4S. The predicted molar refractivity (Wildman–Crippen MR) is 142 cm³/mol. The summed E-state index contributed by atoms with van der Waals surface area (Å²) in [6.07, 6.45) is 7.91. The molecule has 1 amide bonds. The highest BCUT2D eigenvalue weighted by Gasteiger charge is 2.52. The third-order valence-electron chi connectivity index (χ3n) is 6.89. The van der Waals surface area contributed by atoms with Gasteiger partial charge in [0.1, 0.15) is 4.88 Å². The van der Waals surface area contributed by atoms with Crippen LogP contribution in [0.5, 0.6) is 0 Å². The number of nitrogens with zero attached hydrogens (tertiary/aromatic N) is 1. The summed E-state index contributed by atoms with van der Waals surface area (Å²) in [6, 6.07) is 13.1. The van der Waals surface area contributed by atoms with Crippen LogP contribution in [0.25, 0.3) is 0 Å². The largest absolute Gasteiger partial charge is 0.465 e. The van der Waals surface area contributed by atoms with Gasteiger partial charge in [-0.1, -0.05) is 62.2 Å². The SMILES string of the molecule is COC(=O)c1ccc(CCCN2C(=O)C(F)(F)C[C@@H]2/C=C/C(O)[C@@H](C)CCCCCc2ccccc2)s1. The lowest BCUT2D eigenvalue weighted by Gasteiger charge is -2.22. The first-order valence-corrected chi connectivity index (χ1v) is 13.8. The van der Waals surface area contributed by atoms with Crippen LogP contribution in [0, 0.1) is 5.92 Å². The molecule has 1 N–H and O–H groups in total. The molecule has 0 spiro atoms. The maximum absolute atomic E-state index is 14.2. The Labute approximate surface area is 222 Å². The minimum absolute atomic E-state index is 0.00174. The molecule has 2 heterocycles. The van der Waals surface area contributed by atoms with Gasteiger partial charge in [-0.3, -0.25) is 4.79 Å². The number of benzene rings is 1. The Bertz CT molecular complexity index is 1040. The Balaban J connectivity index is 1.45. The van der Waals surface area contributed by atoms with Crippen LogP contribution >= 0.6 is 11.3 Å². The summed E-state index contributed by atoms with van der Waals surface area (Å²) in [5, 5.41) is 10.6. The lowest BCUT2D eigenvalue weighted by atomic mass is 9.95. The normalized spacial score (nSPS) is 18.9. The number of halogens is 2. The summed E-state index contributed by atoms with van der Waals surface area (Å²) in [4.78, 5) is 26.6. The van der Waals surface area contributed by atoms with Gasteiger partial charge in [-0.25, -0.2) is 4.79 Å². The van der Waals surface area contributed by atoms with Crippen molar-refractivity contribution >= 4 is 23.2 Å². The van der Waals surface area contributed by atoms with E-state index in [2.05, 4.69) is 12.1 Å². The van der Waals surface area contributed by atoms with Gasteiger partial charge in [-0.2, -0.15) is 8.78 Å². The molecule has 37 heavy (non-hydrogen) atoms. The van der Waals surface area contributed by atoms with E-state index in [-0.39, 0.29) is 12.5 Å². The number of methoxy groups -OCH3 is 1. The van der Waals surface area contributed by atoms with E-state index in [1.807, 2.05) is 31.2 Å². The molecule has 1 fully saturated rings. The highest BCUT2D eigenvalue weighted by Crippen LogP contribution is 2.34. The number of rotatable bonds is 14. The standard InChI is InChI=1S/C29H37F2NO4S/c1-21(10-5-3-6-11-22-12-7-4-8-13-22)25(33)17-15-23-20-29(30,31)28(35)32(23)19-9-14-24-16-18-26(37-24)27(34)36-2/h4,7-8,12-13,15-18,21,23,25,33H,3,5-6,9-11,14,19-20H2,1-2H3/b17-15+/t21-,23-,25?/m0/s1. The van der Waals surface area contributed by atoms with Crippen LogP contribution in [0.1, 0.15) is 65.6 Å². The van der Waals surface area contributed by atoms with Gasteiger partial charge >= 0.3 is 11.9 Å². The van der Waals surface area contributed by atoms with Crippen molar-refractivity contribution in [3.63, 3.8) is 0 Å². The van der Waals surface area contributed by atoms with Crippen molar-refractivity contribution in [2.45, 2.75) is 76.4 Å². The summed E-state index contributed by atoms with van der Waals surface area (Å²) >= 11 is 1.30. The van der Waals surface area contributed by atoms with Gasteiger partial charge in [-0.15, -0.1) is 11.3 Å². The van der Waals surface area contributed by atoms with Crippen LogP contribution < -0.4 is 0 Å². The third-order valence-corrected chi connectivity index (χ3v) is 8.02. The molecule has 0 saturated carbocycles. The summed E-state index contributed by atoms with van der Waals surface area (Å²) in [5.74, 6) is -4.96. The molecule has 1 unspecified atom stereocenters. The number of likely N-dealkylation sites (tertiary alicyclic amines) is 1. The molecule has 3 atom stereocenters. The highest BCUT2D eigenvalue weighted by atomic mass is 32.1. The van der Waals surface area contributed by atoms with Gasteiger partial charge in [0.25, 0.3) is 5.91 Å². The van der Waals surface area contributed by atoms with E-state index in [9.17, 15) is 23.5 Å². The van der Waals surface area contributed by atoms with E-state index < -0.39 is 36.4 Å². The average Bonchev–Trinajstić information content (AvgIpc) is 3.45. The number of aliphatic hydroxyl groups is 1. The van der Waals surface area contributed by atoms with Gasteiger partial charge in [0.2, 0.25) is 0 Å². The first-order valence-electron chi connectivity index (χ1n) is 13.0. The van der Waals surface area contributed by atoms with E-state index >= 15 is 0 Å². The van der Waals surface area contributed by atoms with Crippen LogP contribution in [-0.4, -0.2) is 53.6 Å². The Morgan fingerprint density at radius 2 is 1.92 bits per heavy atom. The first kappa shape index (κ1) is 29.0. The van der Waals surface area contributed by atoms with Crippen LogP contribution in [-0.2, 0) is 22.4 Å². The van der Waals surface area contributed by atoms with Crippen LogP contribution in [0.3, 0.4) is 0 Å². The van der Waals surface area contributed by atoms with Crippen molar-refractivity contribution in [1.82, 2.24) is 4.90 Å². The van der Waals surface area contributed by atoms with Gasteiger partial charge < -0.3 is 14.7 Å². The lowest BCUT2D eigenvalue weighted by molar-refractivity contribution is -0.148. The molecule has 1 aromatic heterocycles. The molecule has 0 bridgehead atoms. The second kappa shape index (κ2) is 13.8. The smallest absolute Gasteiger partial charge is 0.348 e.